The van der Waals surface area contributed by atoms with Crippen molar-refractivity contribution in [3.8, 4) is 0 Å². The molecule has 0 spiro atoms. The third-order valence-electron chi connectivity index (χ3n) is 1.76. The molecule has 0 bridgehead atoms. The summed E-state index contributed by atoms with van der Waals surface area (Å²) in [6.07, 6.45) is -3.41. The van der Waals surface area contributed by atoms with Gasteiger partial charge in [-0.2, -0.15) is 13.2 Å². The van der Waals surface area contributed by atoms with E-state index in [9.17, 15) is 17.7 Å². The highest BCUT2D eigenvalue weighted by atomic mass is 19.4. The molecular weight excluding hydrogens is 222 g/mol. The molecule has 1 unspecified atom stereocenters. The van der Waals surface area contributed by atoms with E-state index in [4.69, 9.17) is 15.0 Å². The van der Waals surface area contributed by atoms with Gasteiger partial charge in [-0.05, 0) is 12.8 Å². The average Bonchev–Trinajstić information content (AvgIpc) is 2.50. The fourth-order valence-electron chi connectivity index (χ4n) is 0.980. The van der Waals surface area contributed by atoms with E-state index < -0.39 is 12.1 Å². The van der Waals surface area contributed by atoms with Gasteiger partial charge >= 0.3 is 12.1 Å². The summed E-state index contributed by atoms with van der Waals surface area (Å²) < 4.78 is 44.0. The molecule has 0 aromatic rings. The van der Waals surface area contributed by atoms with E-state index in [1.807, 2.05) is 0 Å². The lowest BCUT2D eigenvalue weighted by Gasteiger charge is -2.09. The molecular formula is C7H11F4NO3. The molecule has 1 aliphatic rings. The van der Waals surface area contributed by atoms with Crippen LogP contribution < -0.4 is 0 Å². The zero-order valence-electron chi connectivity index (χ0n) is 7.67. The highest BCUT2D eigenvalue weighted by Gasteiger charge is 2.38. The molecule has 8 heteroatoms. The molecule has 0 aliphatic carbocycles. The normalized spacial score (nSPS) is 22.1. The molecule has 15 heavy (non-hydrogen) atoms. The summed E-state index contributed by atoms with van der Waals surface area (Å²) in [5.41, 5.74) is 0. The molecule has 0 radical (unpaired) electrons. The molecule has 1 heterocycles. The van der Waals surface area contributed by atoms with Crippen molar-refractivity contribution in [2.75, 3.05) is 13.2 Å². The van der Waals surface area contributed by atoms with Crippen molar-refractivity contribution in [2.45, 2.75) is 25.1 Å². The van der Waals surface area contributed by atoms with Crippen molar-refractivity contribution in [2.24, 2.45) is 0 Å². The van der Waals surface area contributed by atoms with Gasteiger partial charge in [-0.15, -0.1) is 9.60 Å². The monoisotopic (exact) mass is 233 g/mol. The van der Waals surface area contributed by atoms with Gasteiger partial charge in [0, 0.05) is 6.54 Å². The number of alkyl halides is 3. The molecule has 1 rings (SSSR count). The molecule has 4 nitrogen and oxygen atoms in total. The first-order valence-electron chi connectivity index (χ1n) is 4.12. The molecule has 1 saturated heterocycles. The van der Waals surface area contributed by atoms with Crippen LogP contribution >= 0.6 is 0 Å². The van der Waals surface area contributed by atoms with Gasteiger partial charge in [-0.1, -0.05) is 0 Å². The number of aliphatic hydroxyl groups excluding tert-OH is 1. The number of aliphatic carboxylic acids is 1. The lowest BCUT2D eigenvalue weighted by atomic mass is 10.2. The molecule has 0 amide bonds. The second kappa shape index (κ2) is 5.86. The number of nitrogens with zero attached hydrogens (tertiary/aromatic N) is 1. The van der Waals surface area contributed by atoms with E-state index in [1.54, 1.807) is 0 Å². The van der Waals surface area contributed by atoms with E-state index in [1.165, 1.54) is 0 Å². The summed E-state index contributed by atoms with van der Waals surface area (Å²) in [7, 11) is 0. The zero-order chi connectivity index (χ0) is 12.1. The number of rotatable bonds is 1. The van der Waals surface area contributed by atoms with Crippen molar-refractivity contribution in [3.05, 3.63) is 0 Å². The number of aliphatic hydroxyl groups is 1. The molecule has 0 saturated carbocycles. The first kappa shape index (κ1) is 14.1. The van der Waals surface area contributed by atoms with Gasteiger partial charge in [-0.3, -0.25) is 0 Å². The number of halogens is 4. The second-order valence-electron chi connectivity index (χ2n) is 2.90. The van der Waals surface area contributed by atoms with E-state index in [2.05, 4.69) is 0 Å². The Balaban J connectivity index is 0.000000265. The van der Waals surface area contributed by atoms with E-state index in [0.717, 1.165) is 12.8 Å². The number of hydrogen-bond donors (Lipinski definition) is 2. The molecule has 2 N–H and O–H groups in total. The second-order valence-corrected chi connectivity index (χ2v) is 2.90. The first-order valence-corrected chi connectivity index (χ1v) is 4.12. The van der Waals surface area contributed by atoms with Gasteiger partial charge in [0.1, 0.15) is 0 Å². The maximum Gasteiger partial charge on any atom is 0.490 e. The molecule has 0 aromatic carbocycles. The van der Waals surface area contributed by atoms with Crippen molar-refractivity contribution >= 4 is 5.97 Å². The minimum absolute atomic E-state index is 0.0451. The Hall–Kier alpha value is -0.890. The van der Waals surface area contributed by atoms with Crippen LogP contribution in [0, 0.1) is 0 Å². The van der Waals surface area contributed by atoms with Gasteiger partial charge in [0.05, 0.1) is 12.6 Å². The van der Waals surface area contributed by atoms with Crippen LogP contribution in [0.1, 0.15) is 12.8 Å². The quantitative estimate of drug-likeness (QED) is 0.523. The Labute approximate surface area is 83.0 Å². The lowest BCUT2D eigenvalue weighted by molar-refractivity contribution is -0.192. The first-order chi connectivity index (χ1) is 6.79. The molecule has 90 valence electrons. The average molecular weight is 233 g/mol. The molecule has 0 aromatic heterocycles. The smallest absolute Gasteiger partial charge is 0.475 e. The van der Waals surface area contributed by atoms with Crippen molar-refractivity contribution in [1.82, 2.24) is 5.12 Å². The van der Waals surface area contributed by atoms with Crippen LogP contribution in [0.4, 0.5) is 17.7 Å². The fourth-order valence-corrected chi connectivity index (χ4v) is 0.980. The minimum Gasteiger partial charge on any atom is -0.475 e. The van der Waals surface area contributed by atoms with Crippen LogP contribution in [0.15, 0.2) is 0 Å². The van der Waals surface area contributed by atoms with Gasteiger partial charge < -0.3 is 10.2 Å². The number of carboxylic acid groups (broad SMARTS) is 1. The standard InChI is InChI=1S/C5H10FNO.C2HF3O2/c6-7-3-1-2-5(7)4-8;3-2(4,5)1(6)7/h5,8H,1-4H2;(H,6,7). The third kappa shape index (κ3) is 5.53. The molecule has 1 aliphatic heterocycles. The number of carboxylic acids is 1. The van der Waals surface area contributed by atoms with Crippen LogP contribution in [0.2, 0.25) is 0 Å². The van der Waals surface area contributed by atoms with E-state index in [-0.39, 0.29) is 12.6 Å². The maximum absolute atomic E-state index is 12.3. The van der Waals surface area contributed by atoms with Gasteiger partial charge in [0.25, 0.3) is 0 Å². The fraction of sp³-hybridized carbons (Fsp3) is 0.857. The van der Waals surface area contributed by atoms with Gasteiger partial charge in [-0.25, -0.2) is 4.79 Å². The third-order valence-corrected chi connectivity index (χ3v) is 1.76. The number of hydrogen-bond acceptors (Lipinski definition) is 3. The molecule has 1 atom stereocenters. The van der Waals surface area contributed by atoms with Crippen LogP contribution in [-0.4, -0.2) is 46.7 Å². The van der Waals surface area contributed by atoms with Crippen molar-refractivity contribution in [1.29, 1.82) is 0 Å². The maximum atomic E-state index is 12.3. The SMILES string of the molecule is O=C(O)C(F)(F)F.OCC1CCCN1F. The summed E-state index contributed by atoms with van der Waals surface area (Å²) in [6, 6.07) is -0.213. The zero-order valence-corrected chi connectivity index (χ0v) is 7.67. The Morgan fingerprint density at radius 3 is 2.07 bits per heavy atom. The van der Waals surface area contributed by atoms with Crippen LogP contribution in [0.3, 0.4) is 0 Å². The van der Waals surface area contributed by atoms with Crippen LogP contribution in [0.5, 0.6) is 0 Å². The van der Waals surface area contributed by atoms with Crippen molar-refractivity contribution in [3.63, 3.8) is 0 Å². The Kier molecular flexibility index (Phi) is 5.51. The highest BCUT2D eigenvalue weighted by Crippen LogP contribution is 2.15. The summed E-state index contributed by atoms with van der Waals surface area (Å²) in [4.78, 5) is 8.90. The van der Waals surface area contributed by atoms with Crippen LogP contribution in [0.25, 0.3) is 0 Å². The van der Waals surface area contributed by atoms with Gasteiger partial charge in [0.15, 0.2) is 0 Å². The Morgan fingerprint density at radius 1 is 1.47 bits per heavy atom. The van der Waals surface area contributed by atoms with Gasteiger partial charge in [0.2, 0.25) is 0 Å². The largest absolute Gasteiger partial charge is 0.490 e. The summed E-state index contributed by atoms with van der Waals surface area (Å²) in [5.74, 6) is -2.76. The topological polar surface area (TPSA) is 60.8 Å². The van der Waals surface area contributed by atoms with Crippen molar-refractivity contribution < 1.29 is 32.7 Å². The van der Waals surface area contributed by atoms with E-state index >= 15 is 0 Å². The minimum atomic E-state index is -5.08. The predicted octanol–water partition coefficient (Wildman–Crippen LogP) is 0.961. The number of carbonyl (C=O) groups is 1. The Bertz CT molecular complexity index is 209. The summed E-state index contributed by atoms with van der Waals surface area (Å²) in [6.45, 7) is 0.446. The van der Waals surface area contributed by atoms with Crippen LogP contribution in [-0.2, 0) is 4.79 Å². The summed E-state index contributed by atoms with van der Waals surface area (Å²) in [5, 5.41) is 16.3. The summed E-state index contributed by atoms with van der Waals surface area (Å²) >= 11 is 0. The lowest BCUT2D eigenvalue weighted by Crippen LogP contribution is -2.24. The highest BCUT2D eigenvalue weighted by molar-refractivity contribution is 5.73. The molecule has 1 fully saturated rings. The predicted molar refractivity (Wildman–Crippen MR) is 41.6 cm³/mol. The Morgan fingerprint density at radius 2 is 1.93 bits per heavy atom. The van der Waals surface area contributed by atoms with E-state index in [0.29, 0.717) is 11.7 Å².